The smallest absolute Gasteiger partial charge is 0.307 e. The monoisotopic (exact) mass is 272 g/mol. The second-order valence-corrected chi connectivity index (χ2v) is 3.93. The number of aryl methyl sites for hydroxylation is 1. The summed E-state index contributed by atoms with van der Waals surface area (Å²) in [5.74, 6) is 0.538. The molecule has 5 heteroatoms. The number of esters is 1. The summed E-state index contributed by atoms with van der Waals surface area (Å²) < 4.78 is 5.50. The summed E-state index contributed by atoms with van der Waals surface area (Å²) in [7, 11) is 1.38. The first-order valence-corrected chi connectivity index (χ1v) is 5.35. The molecule has 1 aromatic heterocycles. The SMILES string of the molecule is COC(=O)CCNc1cc(C)c(Br)cn1. The van der Waals surface area contributed by atoms with E-state index in [2.05, 4.69) is 31.0 Å². The summed E-state index contributed by atoms with van der Waals surface area (Å²) in [6.45, 7) is 2.51. The van der Waals surface area contributed by atoms with Crippen LogP contribution in [0.4, 0.5) is 5.82 Å². The normalized spacial score (nSPS) is 9.80. The molecular formula is C10H13BrN2O2. The number of rotatable bonds is 4. The largest absolute Gasteiger partial charge is 0.469 e. The number of carbonyl (C=O) groups excluding carboxylic acids is 1. The van der Waals surface area contributed by atoms with E-state index in [9.17, 15) is 4.79 Å². The van der Waals surface area contributed by atoms with Gasteiger partial charge in [0.15, 0.2) is 0 Å². The number of pyridine rings is 1. The Kier molecular flexibility index (Phi) is 4.55. The number of aromatic nitrogens is 1. The van der Waals surface area contributed by atoms with Gasteiger partial charge in [-0.05, 0) is 34.5 Å². The van der Waals surface area contributed by atoms with E-state index < -0.39 is 0 Å². The highest BCUT2D eigenvalue weighted by Gasteiger charge is 2.01. The van der Waals surface area contributed by atoms with E-state index in [0.717, 1.165) is 15.9 Å². The molecule has 1 rings (SSSR count). The molecule has 0 spiro atoms. The van der Waals surface area contributed by atoms with E-state index in [4.69, 9.17) is 0 Å². The Balaban J connectivity index is 2.44. The van der Waals surface area contributed by atoms with Gasteiger partial charge in [0, 0.05) is 17.2 Å². The molecular weight excluding hydrogens is 260 g/mol. The van der Waals surface area contributed by atoms with Crippen LogP contribution in [0.25, 0.3) is 0 Å². The van der Waals surface area contributed by atoms with Gasteiger partial charge < -0.3 is 10.1 Å². The topological polar surface area (TPSA) is 51.2 Å². The van der Waals surface area contributed by atoms with Crippen molar-refractivity contribution in [3.05, 3.63) is 22.3 Å². The lowest BCUT2D eigenvalue weighted by atomic mass is 10.3. The van der Waals surface area contributed by atoms with Crippen LogP contribution in [-0.4, -0.2) is 24.6 Å². The lowest BCUT2D eigenvalue weighted by Gasteiger charge is -2.06. The molecule has 1 aromatic rings. The lowest BCUT2D eigenvalue weighted by molar-refractivity contribution is -0.140. The lowest BCUT2D eigenvalue weighted by Crippen LogP contribution is -2.10. The highest BCUT2D eigenvalue weighted by molar-refractivity contribution is 9.10. The van der Waals surface area contributed by atoms with Crippen molar-refractivity contribution in [2.24, 2.45) is 0 Å². The molecule has 0 atom stereocenters. The first-order valence-electron chi connectivity index (χ1n) is 4.56. The fourth-order valence-electron chi connectivity index (χ4n) is 1.03. The van der Waals surface area contributed by atoms with Crippen molar-refractivity contribution < 1.29 is 9.53 Å². The molecule has 0 saturated heterocycles. The molecule has 0 fully saturated rings. The predicted molar refractivity (Wildman–Crippen MR) is 61.8 cm³/mol. The van der Waals surface area contributed by atoms with Gasteiger partial charge in [-0.25, -0.2) is 4.98 Å². The maximum absolute atomic E-state index is 10.8. The van der Waals surface area contributed by atoms with Crippen LogP contribution >= 0.6 is 15.9 Å². The van der Waals surface area contributed by atoms with Crippen molar-refractivity contribution in [2.75, 3.05) is 19.0 Å². The number of methoxy groups -OCH3 is 1. The second kappa shape index (κ2) is 5.70. The molecule has 4 nitrogen and oxygen atoms in total. The van der Waals surface area contributed by atoms with E-state index in [1.54, 1.807) is 6.20 Å². The van der Waals surface area contributed by atoms with E-state index in [1.165, 1.54) is 7.11 Å². The summed E-state index contributed by atoms with van der Waals surface area (Å²) in [6.07, 6.45) is 2.07. The minimum absolute atomic E-state index is 0.226. The van der Waals surface area contributed by atoms with Crippen molar-refractivity contribution in [1.29, 1.82) is 0 Å². The van der Waals surface area contributed by atoms with Crippen LogP contribution in [0.15, 0.2) is 16.7 Å². The van der Waals surface area contributed by atoms with Gasteiger partial charge in [-0.3, -0.25) is 4.79 Å². The number of hydrogen-bond donors (Lipinski definition) is 1. The Bertz CT molecular complexity index is 355. The van der Waals surface area contributed by atoms with E-state index in [0.29, 0.717) is 13.0 Å². The molecule has 0 bridgehead atoms. The number of hydrogen-bond acceptors (Lipinski definition) is 4. The molecule has 0 aliphatic carbocycles. The molecule has 0 saturated carbocycles. The Morgan fingerprint density at radius 3 is 3.00 bits per heavy atom. The Morgan fingerprint density at radius 2 is 2.40 bits per heavy atom. The number of nitrogens with one attached hydrogen (secondary N) is 1. The first-order chi connectivity index (χ1) is 7.13. The molecule has 0 aliphatic rings. The van der Waals surface area contributed by atoms with E-state index in [1.807, 2.05) is 13.0 Å². The van der Waals surface area contributed by atoms with Gasteiger partial charge in [0.2, 0.25) is 0 Å². The summed E-state index contributed by atoms with van der Waals surface area (Å²) in [5, 5.41) is 3.05. The van der Waals surface area contributed by atoms with Crippen LogP contribution in [0.5, 0.6) is 0 Å². The van der Waals surface area contributed by atoms with Crippen molar-refractivity contribution in [1.82, 2.24) is 4.98 Å². The molecule has 1 heterocycles. The molecule has 0 aliphatic heterocycles. The first kappa shape index (κ1) is 12.0. The number of ether oxygens (including phenoxy) is 1. The van der Waals surface area contributed by atoms with Gasteiger partial charge in [-0.15, -0.1) is 0 Å². The summed E-state index contributed by atoms with van der Waals surface area (Å²) in [6, 6.07) is 1.92. The molecule has 82 valence electrons. The number of nitrogens with zero attached hydrogens (tertiary/aromatic N) is 1. The number of halogens is 1. The van der Waals surface area contributed by atoms with E-state index >= 15 is 0 Å². The average molecular weight is 273 g/mol. The molecule has 0 radical (unpaired) electrons. The maximum Gasteiger partial charge on any atom is 0.307 e. The molecule has 0 aromatic carbocycles. The Hall–Kier alpha value is -1.10. The van der Waals surface area contributed by atoms with Gasteiger partial charge in [-0.1, -0.05) is 0 Å². The summed E-state index contributed by atoms with van der Waals surface area (Å²) in [4.78, 5) is 15.0. The Morgan fingerprint density at radius 1 is 1.67 bits per heavy atom. The van der Waals surface area contributed by atoms with Crippen LogP contribution in [0.3, 0.4) is 0 Å². The summed E-state index contributed by atoms with van der Waals surface area (Å²) >= 11 is 3.37. The van der Waals surface area contributed by atoms with Gasteiger partial charge in [0.05, 0.1) is 13.5 Å². The van der Waals surface area contributed by atoms with Crippen molar-refractivity contribution in [3.8, 4) is 0 Å². The average Bonchev–Trinajstić information content (AvgIpc) is 2.23. The zero-order valence-corrected chi connectivity index (χ0v) is 10.3. The third-order valence-corrected chi connectivity index (χ3v) is 2.74. The molecule has 1 N–H and O–H groups in total. The van der Waals surface area contributed by atoms with Crippen molar-refractivity contribution >= 4 is 27.7 Å². The van der Waals surface area contributed by atoms with Gasteiger partial charge in [0.25, 0.3) is 0 Å². The third kappa shape index (κ3) is 3.87. The van der Waals surface area contributed by atoms with Crippen LogP contribution in [0, 0.1) is 6.92 Å². The highest BCUT2D eigenvalue weighted by Crippen LogP contribution is 2.16. The maximum atomic E-state index is 10.8. The van der Waals surface area contributed by atoms with Crippen LogP contribution in [0.2, 0.25) is 0 Å². The molecule has 15 heavy (non-hydrogen) atoms. The van der Waals surface area contributed by atoms with Gasteiger partial charge >= 0.3 is 5.97 Å². The number of anilines is 1. The Labute approximate surface area is 97.2 Å². The van der Waals surface area contributed by atoms with Crippen molar-refractivity contribution in [3.63, 3.8) is 0 Å². The minimum atomic E-state index is -0.226. The van der Waals surface area contributed by atoms with Crippen LogP contribution in [0.1, 0.15) is 12.0 Å². The standard InChI is InChI=1S/C10H13BrN2O2/c1-7-5-9(13-6-8(7)11)12-4-3-10(14)15-2/h5-6H,3-4H2,1-2H3,(H,12,13). The second-order valence-electron chi connectivity index (χ2n) is 3.07. The zero-order valence-electron chi connectivity index (χ0n) is 8.71. The minimum Gasteiger partial charge on any atom is -0.469 e. The molecule has 0 amide bonds. The fourth-order valence-corrected chi connectivity index (χ4v) is 1.25. The summed E-state index contributed by atoms with van der Waals surface area (Å²) in [5.41, 5.74) is 1.10. The van der Waals surface area contributed by atoms with E-state index in [-0.39, 0.29) is 5.97 Å². The van der Waals surface area contributed by atoms with Crippen LogP contribution < -0.4 is 5.32 Å². The van der Waals surface area contributed by atoms with Crippen LogP contribution in [-0.2, 0) is 9.53 Å². The number of carbonyl (C=O) groups is 1. The third-order valence-electron chi connectivity index (χ3n) is 1.91. The fraction of sp³-hybridized carbons (Fsp3) is 0.400. The quantitative estimate of drug-likeness (QED) is 0.854. The van der Waals surface area contributed by atoms with Gasteiger partial charge in [-0.2, -0.15) is 0 Å². The zero-order chi connectivity index (χ0) is 11.3. The predicted octanol–water partition coefficient (Wildman–Crippen LogP) is 2.13. The van der Waals surface area contributed by atoms with Crippen molar-refractivity contribution in [2.45, 2.75) is 13.3 Å². The van der Waals surface area contributed by atoms with Gasteiger partial charge in [0.1, 0.15) is 5.82 Å². The highest BCUT2D eigenvalue weighted by atomic mass is 79.9. The molecule has 0 unspecified atom stereocenters.